The summed E-state index contributed by atoms with van der Waals surface area (Å²) in [4.78, 5) is 43.6. The first-order chi connectivity index (χ1) is 15.9. The van der Waals surface area contributed by atoms with Gasteiger partial charge in [0.2, 0.25) is 5.91 Å². The van der Waals surface area contributed by atoms with Crippen LogP contribution in [0.15, 0.2) is 42.5 Å². The second-order valence-electron chi connectivity index (χ2n) is 8.02. The lowest BCUT2D eigenvalue weighted by atomic mass is 10.2. The summed E-state index contributed by atoms with van der Waals surface area (Å²) in [6, 6.07) is 11.2. The lowest BCUT2D eigenvalue weighted by molar-refractivity contribution is -0.384. The molecule has 4 rings (SSSR count). The maximum atomic E-state index is 12.6. The molecule has 33 heavy (non-hydrogen) atoms. The van der Waals surface area contributed by atoms with Gasteiger partial charge in [-0.2, -0.15) is 0 Å². The van der Waals surface area contributed by atoms with Gasteiger partial charge in [0.05, 0.1) is 22.5 Å². The summed E-state index contributed by atoms with van der Waals surface area (Å²) in [6.07, 6.45) is 0. The molecule has 1 N–H and O–H groups in total. The Morgan fingerprint density at radius 2 is 1.88 bits per heavy atom. The van der Waals surface area contributed by atoms with E-state index >= 15 is 0 Å². The highest BCUT2D eigenvalue weighted by molar-refractivity contribution is 6.05. The van der Waals surface area contributed by atoms with Gasteiger partial charge in [-0.15, -0.1) is 0 Å². The number of nitrogens with one attached hydrogen (secondary N) is 1. The molecule has 0 spiro atoms. The van der Waals surface area contributed by atoms with Crippen molar-refractivity contribution in [3.05, 3.63) is 64.0 Å². The Balaban J connectivity index is 1.51. The van der Waals surface area contributed by atoms with Crippen LogP contribution in [0.25, 0.3) is 11.0 Å². The first-order valence-corrected chi connectivity index (χ1v) is 10.9. The minimum atomic E-state index is -0.526. The molecule has 0 saturated carbocycles. The summed E-state index contributed by atoms with van der Waals surface area (Å²) in [7, 11) is 0. The van der Waals surface area contributed by atoms with Crippen LogP contribution in [0.2, 0.25) is 0 Å². The zero-order chi connectivity index (χ0) is 23.5. The van der Waals surface area contributed by atoms with Crippen molar-refractivity contribution in [3.8, 4) is 0 Å². The SMILES string of the molecule is CCn1c(CN2CCN(C(C)=O)CC2)nc2cc(NC(=O)c3cccc([N+](=O)[O-])c3)ccc21. The average molecular weight is 450 g/mol. The molecular formula is C23H26N6O4. The Hall–Kier alpha value is -3.79. The van der Waals surface area contributed by atoms with Crippen LogP contribution < -0.4 is 5.32 Å². The molecule has 0 atom stereocenters. The third-order valence-electron chi connectivity index (χ3n) is 5.90. The van der Waals surface area contributed by atoms with E-state index in [-0.39, 0.29) is 17.2 Å². The van der Waals surface area contributed by atoms with Crippen LogP contribution in [0.5, 0.6) is 0 Å². The van der Waals surface area contributed by atoms with Gasteiger partial charge < -0.3 is 14.8 Å². The van der Waals surface area contributed by atoms with E-state index in [4.69, 9.17) is 4.98 Å². The molecule has 2 aromatic carbocycles. The highest BCUT2D eigenvalue weighted by Crippen LogP contribution is 2.23. The van der Waals surface area contributed by atoms with Crippen molar-refractivity contribution in [3.63, 3.8) is 0 Å². The number of nitro benzene ring substituents is 1. The molecule has 0 aliphatic carbocycles. The van der Waals surface area contributed by atoms with Gasteiger partial charge in [-0.3, -0.25) is 24.6 Å². The number of aromatic nitrogens is 2. The second-order valence-corrected chi connectivity index (χ2v) is 8.02. The van der Waals surface area contributed by atoms with E-state index in [2.05, 4.69) is 21.7 Å². The molecule has 1 saturated heterocycles. The number of anilines is 1. The number of imidazole rings is 1. The molecule has 0 bridgehead atoms. The number of amides is 2. The number of nitrogens with zero attached hydrogens (tertiary/aromatic N) is 5. The number of aryl methyl sites for hydroxylation is 1. The molecule has 0 unspecified atom stereocenters. The van der Waals surface area contributed by atoms with Gasteiger partial charge in [-0.25, -0.2) is 4.98 Å². The fourth-order valence-electron chi connectivity index (χ4n) is 4.12. The Bertz CT molecular complexity index is 1210. The van der Waals surface area contributed by atoms with Crippen molar-refractivity contribution in [1.82, 2.24) is 19.4 Å². The fraction of sp³-hybridized carbons (Fsp3) is 0.348. The lowest BCUT2D eigenvalue weighted by Gasteiger charge is -2.33. The van der Waals surface area contributed by atoms with Crippen LogP contribution in [0.3, 0.4) is 0 Å². The number of nitro groups is 1. The quantitative estimate of drug-likeness (QED) is 0.456. The minimum Gasteiger partial charge on any atom is -0.340 e. The Labute approximate surface area is 190 Å². The van der Waals surface area contributed by atoms with Crippen LogP contribution in [0, 0.1) is 10.1 Å². The van der Waals surface area contributed by atoms with Gasteiger partial charge in [-0.05, 0) is 31.2 Å². The van der Waals surface area contributed by atoms with Gasteiger partial charge >= 0.3 is 0 Å². The Morgan fingerprint density at radius 1 is 1.12 bits per heavy atom. The van der Waals surface area contributed by atoms with Crippen molar-refractivity contribution in [2.75, 3.05) is 31.5 Å². The van der Waals surface area contributed by atoms with Gasteiger partial charge in [0, 0.05) is 63.0 Å². The Kier molecular flexibility index (Phi) is 6.36. The molecule has 0 radical (unpaired) electrons. The van der Waals surface area contributed by atoms with Crippen molar-refractivity contribution in [2.24, 2.45) is 0 Å². The number of hydrogen-bond donors (Lipinski definition) is 1. The van der Waals surface area contributed by atoms with Gasteiger partial charge in [0.15, 0.2) is 0 Å². The summed E-state index contributed by atoms with van der Waals surface area (Å²) < 4.78 is 2.15. The smallest absolute Gasteiger partial charge is 0.270 e. The maximum absolute atomic E-state index is 12.6. The summed E-state index contributed by atoms with van der Waals surface area (Å²) in [5, 5.41) is 13.8. The molecule has 3 aromatic rings. The first kappa shape index (κ1) is 22.4. The van der Waals surface area contributed by atoms with E-state index in [9.17, 15) is 19.7 Å². The zero-order valence-electron chi connectivity index (χ0n) is 18.7. The largest absolute Gasteiger partial charge is 0.340 e. The number of rotatable bonds is 6. The van der Waals surface area contributed by atoms with Crippen molar-refractivity contribution in [1.29, 1.82) is 0 Å². The molecule has 172 valence electrons. The summed E-state index contributed by atoms with van der Waals surface area (Å²) in [6.45, 7) is 8.15. The zero-order valence-corrected chi connectivity index (χ0v) is 18.7. The maximum Gasteiger partial charge on any atom is 0.270 e. The van der Waals surface area contributed by atoms with Gasteiger partial charge in [-0.1, -0.05) is 6.07 Å². The molecular weight excluding hydrogens is 424 g/mol. The molecule has 2 amide bonds. The highest BCUT2D eigenvalue weighted by atomic mass is 16.6. The standard InChI is InChI=1S/C23H26N6O4/c1-3-28-21-8-7-18(24-23(31)17-5-4-6-19(13-17)29(32)33)14-20(21)25-22(28)15-26-9-11-27(12-10-26)16(2)30/h4-8,13-14H,3,9-12,15H2,1-2H3,(H,24,31). The van der Waals surface area contributed by atoms with Crippen LogP contribution in [-0.4, -0.2) is 62.3 Å². The van der Waals surface area contributed by atoms with Gasteiger partial charge in [0.1, 0.15) is 5.82 Å². The van der Waals surface area contributed by atoms with E-state index in [0.29, 0.717) is 12.2 Å². The van der Waals surface area contributed by atoms with Crippen LogP contribution >= 0.6 is 0 Å². The molecule has 10 heteroatoms. The summed E-state index contributed by atoms with van der Waals surface area (Å²) >= 11 is 0. The van der Waals surface area contributed by atoms with E-state index in [1.54, 1.807) is 13.0 Å². The van der Waals surface area contributed by atoms with Crippen LogP contribution in [0.4, 0.5) is 11.4 Å². The molecule has 1 aliphatic heterocycles. The summed E-state index contributed by atoms with van der Waals surface area (Å²) in [5.41, 5.74) is 2.40. The van der Waals surface area contributed by atoms with Gasteiger partial charge in [0.25, 0.3) is 11.6 Å². The number of carbonyl (C=O) groups is 2. The summed E-state index contributed by atoms with van der Waals surface area (Å²) in [5.74, 6) is 0.623. The van der Waals surface area contributed by atoms with Crippen molar-refractivity contribution < 1.29 is 14.5 Å². The monoisotopic (exact) mass is 450 g/mol. The fourth-order valence-corrected chi connectivity index (χ4v) is 4.12. The topological polar surface area (TPSA) is 114 Å². The van der Waals surface area contributed by atoms with E-state index in [1.807, 2.05) is 17.0 Å². The normalized spacial score (nSPS) is 14.4. The molecule has 2 heterocycles. The first-order valence-electron chi connectivity index (χ1n) is 10.9. The van der Waals surface area contributed by atoms with E-state index < -0.39 is 10.8 Å². The number of non-ortho nitro benzene ring substituents is 1. The number of piperazine rings is 1. The number of carbonyl (C=O) groups excluding carboxylic acids is 2. The molecule has 1 aromatic heterocycles. The number of fused-ring (bicyclic) bond motifs is 1. The number of hydrogen-bond acceptors (Lipinski definition) is 6. The second kappa shape index (κ2) is 9.37. The molecule has 10 nitrogen and oxygen atoms in total. The van der Waals surface area contributed by atoms with Crippen LogP contribution in [-0.2, 0) is 17.9 Å². The minimum absolute atomic E-state index is 0.107. The average Bonchev–Trinajstić information content (AvgIpc) is 3.15. The molecule has 1 fully saturated rings. The third kappa shape index (κ3) is 4.85. The van der Waals surface area contributed by atoms with E-state index in [1.165, 1.54) is 24.3 Å². The predicted molar refractivity (Wildman–Crippen MR) is 124 cm³/mol. The number of benzene rings is 2. The predicted octanol–water partition coefficient (Wildman–Crippen LogP) is 2.88. The third-order valence-corrected chi connectivity index (χ3v) is 5.90. The van der Waals surface area contributed by atoms with Crippen LogP contribution in [0.1, 0.15) is 30.0 Å². The Morgan fingerprint density at radius 3 is 2.55 bits per heavy atom. The molecule has 1 aliphatic rings. The van der Waals surface area contributed by atoms with Crippen molar-refractivity contribution in [2.45, 2.75) is 26.9 Å². The van der Waals surface area contributed by atoms with E-state index in [0.717, 1.165) is 49.6 Å². The lowest BCUT2D eigenvalue weighted by Crippen LogP contribution is -2.47. The highest BCUT2D eigenvalue weighted by Gasteiger charge is 2.21. The van der Waals surface area contributed by atoms with Crippen molar-refractivity contribution >= 4 is 34.2 Å².